The summed E-state index contributed by atoms with van der Waals surface area (Å²) in [4.78, 5) is -0.986. The molecule has 146 valence electrons. The van der Waals surface area contributed by atoms with E-state index in [2.05, 4.69) is 10.2 Å². The number of rotatable bonds is 4. The lowest BCUT2D eigenvalue weighted by Gasteiger charge is -2.08. The molecule has 0 atom stereocenters. The van der Waals surface area contributed by atoms with Gasteiger partial charge in [-0.05, 0) is 30.7 Å². The van der Waals surface area contributed by atoms with Gasteiger partial charge in [-0.1, -0.05) is 30.3 Å². The molecule has 0 heterocycles. The largest absolute Gasteiger partial charge is 0.505 e. The predicted octanol–water partition coefficient (Wildman–Crippen LogP) is 3.76. The Bertz CT molecular complexity index is 1330. The molecule has 0 aliphatic heterocycles. The third-order valence-corrected chi connectivity index (χ3v) is 5.67. The summed E-state index contributed by atoms with van der Waals surface area (Å²) in [7, 11) is -9.23. The Morgan fingerprint density at radius 2 is 1.32 bits per heavy atom. The molecule has 0 aliphatic rings. The van der Waals surface area contributed by atoms with Crippen LogP contribution >= 0.6 is 0 Å². The monoisotopic (exact) mass is 422 g/mol. The number of hydrogen-bond acceptors (Lipinski definition) is 7. The Labute approximate surface area is 160 Å². The van der Waals surface area contributed by atoms with Crippen LogP contribution in [0.5, 0.6) is 5.75 Å². The van der Waals surface area contributed by atoms with Gasteiger partial charge in [0.15, 0.2) is 5.75 Å². The number of phenols is 1. The number of aryl methyl sites for hydroxylation is 1. The zero-order chi connectivity index (χ0) is 20.7. The Balaban J connectivity index is 2.23. The van der Waals surface area contributed by atoms with E-state index in [4.69, 9.17) is 0 Å². The van der Waals surface area contributed by atoms with Crippen LogP contribution in [0.4, 0.5) is 11.4 Å². The summed E-state index contributed by atoms with van der Waals surface area (Å²) in [6.45, 7) is 1.61. The van der Waals surface area contributed by atoms with E-state index in [1.807, 2.05) is 0 Å². The van der Waals surface area contributed by atoms with Gasteiger partial charge in [0.2, 0.25) is 0 Å². The van der Waals surface area contributed by atoms with Crippen LogP contribution in [0.3, 0.4) is 0 Å². The molecular weight excluding hydrogens is 408 g/mol. The molecule has 9 nitrogen and oxygen atoms in total. The van der Waals surface area contributed by atoms with Gasteiger partial charge in [0.05, 0.1) is 0 Å². The Morgan fingerprint density at radius 1 is 0.750 bits per heavy atom. The van der Waals surface area contributed by atoms with E-state index in [9.17, 15) is 31.0 Å². The van der Waals surface area contributed by atoms with Crippen LogP contribution in [0.25, 0.3) is 10.8 Å². The summed E-state index contributed by atoms with van der Waals surface area (Å²) in [5.41, 5.74) is 0.0241. The molecule has 3 rings (SSSR count). The van der Waals surface area contributed by atoms with Gasteiger partial charge in [0.1, 0.15) is 21.2 Å². The fraction of sp³-hybridized carbons (Fsp3) is 0.0588. The van der Waals surface area contributed by atoms with Gasteiger partial charge in [-0.15, -0.1) is 10.2 Å². The Kier molecular flexibility index (Phi) is 4.93. The summed E-state index contributed by atoms with van der Waals surface area (Å²) < 4.78 is 65.3. The average molecular weight is 422 g/mol. The SMILES string of the molecule is Cc1ccc(N=Nc2cc(S(=O)(=O)O)c3ccccc3c2O)c(S(=O)(=O)O)c1. The maximum absolute atomic E-state index is 11.7. The number of azo groups is 1. The van der Waals surface area contributed by atoms with Crippen molar-refractivity contribution in [3.05, 3.63) is 54.1 Å². The predicted molar refractivity (Wildman–Crippen MR) is 101 cm³/mol. The molecule has 0 saturated heterocycles. The number of aromatic hydroxyl groups is 1. The van der Waals surface area contributed by atoms with Gasteiger partial charge in [-0.2, -0.15) is 16.8 Å². The zero-order valence-electron chi connectivity index (χ0n) is 14.3. The summed E-state index contributed by atoms with van der Waals surface area (Å²) >= 11 is 0. The number of nitrogens with zero attached hydrogens (tertiary/aromatic N) is 2. The fourth-order valence-corrected chi connectivity index (χ4v) is 4.05. The summed E-state index contributed by atoms with van der Waals surface area (Å²) in [6.07, 6.45) is 0. The molecule has 0 bridgehead atoms. The molecule has 0 spiro atoms. The lowest BCUT2D eigenvalue weighted by Crippen LogP contribution is -1.99. The Hall–Kier alpha value is -2.86. The van der Waals surface area contributed by atoms with Crippen molar-refractivity contribution in [1.82, 2.24) is 0 Å². The first-order valence-corrected chi connectivity index (χ1v) is 10.6. The molecule has 0 radical (unpaired) electrons. The van der Waals surface area contributed by atoms with Gasteiger partial charge in [0, 0.05) is 10.8 Å². The highest BCUT2D eigenvalue weighted by Gasteiger charge is 2.20. The summed E-state index contributed by atoms with van der Waals surface area (Å²) in [5.74, 6) is -0.410. The van der Waals surface area contributed by atoms with E-state index in [0.717, 1.165) is 6.07 Å². The van der Waals surface area contributed by atoms with E-state index in [1.165, 1.54) is 36.4 Å². The highest BCUT2D eigenvalue weighted by Crippen LogP contribution is 2.40. The lowest BCUT2D eigenvalue weighted by molar-refractivity contribution is 0.479. The topological polar surface area (TPSA) is 154 Å². The van der Waals surface area contributed by atoms with E-state index < -0.39 is 35.8 Å². The number of fused-ring (bicyclic) bond motifs is 1. The molecule has 28 heavy (non-hydrogen) atoms. The van der Waals surface area contributed by atoms with Crippen LogP contribution < -0.4 is 0 Å². The van der Waals surface area contributed by atoms with Gasteiger partial charge in [-0.25, -0.2) is 0 Å². The minimum absolute atomic E-state index is 0.0791. The normalized spacial score (nSPS) is 12.7. The van der Waals surface area contributed by atoms with Crippen molar-refractivity contribution >= 4 is 42.4 Å². The Morgan fingerprint density at radius 3 is 1.93 bits per heavy atom. The first kappa shape index (κ1) is 19.9. The maximum Gasteiger partial charge on any atom is 0.296 e. The van der Waals surface area contributed by atoms with Crippen LogP contribution in [0.1, 0.15) is 5.56 Å². The highest BCUT2D eigenvalue weighted by molar-refractivity contribution is 7.86. The van der Waals surface area contributed by atoms with Gasteiger partial charge >= 0.3 is 0 Å². The van der Waals surface area contributed by atoms with Crippen molar-refractivity contribution in [2.24, 2.45) is 10.2 Å². The van der Waals surface area contributed by atoms with Crippen molar-refractivity contribution in [2.45, 2.75) is 16.7 Å². The van der Waals surface area contributed by atoms with E-state index in [-0.39, 0.29) is 22.1 Å². The van der Waals surface area contributed by atoms with E-state index in [1.54, 1.807) is 13.0 Å². The zero-order valence-corrected chi connectivity index (χ0v) is 15.9. The van der Waals surface area contributed by atoms with Crippen molar-refractivity contribution in [3.63, 3.8) is 0 Å². The van der Waals surface area contributed by atoms with Crippen molar-refractivity contribution < 1.29 is 31.0 Å². The lowest BCUT2D eigenvalue weighted by atomic mass is 10.1. The number of hydrogen-bond donors (Lipinski definition) is 3. The third kappa shape index (κ3) is 3.87. The quantitative estimate of drug-likeness (QED) is 0.427. The first-order valence-electron chi connectivity index (χ1n) is 7.70. The molecule has 0 unspecified atom stereocenters. The molecular formula is C17H14N2O7S2. The second kappa shape index (κ2) is 6.95. The highest BCUT2D eigenvalue weighted by atomic mass is 32.2. The summed E-state index contributed by atoms with van der Waals surface area (Å²) in [5, 5.41) is 18.0. The molecule has 3 aromatic carbocycles. The van der Waals surface area contributed by atoms with E-state index in [0.29, 0.717) is 5.56 Å². The molecule has 0 fully saturated rings. The second-order valence-electron chi connectivity index (χ2n) is 5.91. The van der Waals surface area contributed by atoms with E-state index >= 15 is 0 Å². The van der Waals surface area contributed by atoms with Gasteiger partial charge in [-0.3, -0.25) is 9.11 Å². The molecule has 3 aromatic rings. The van der Waals surface area contributed by atoms with Crippen LogP contribution in [-0.2, 0) is 20.2 Å². The fourth-order valence-electron chi connectivity index (χ4n) is 2.62. The van der Waals surface area contributed by atoms with Gasteiger partial charge < -0.3 is 5.11 Å². The van der Waals surface area contributed by atoms with Crippen LogP contribution in [0, 0.1) is 6.92 Å². The van der Waals surface area contributed by atoms with Crippen LogP contribution in [-0.4, -0.2) is 31.0 Å². The molecule has 0 saturated carbocycles. The molecule has 0 aliphatic carbocycles. The minimum atomic E-state index is -4.64. The van der Waals surface area contributed by atoms with Gasteiger partial charge in [0.25, 0.3) is 20.2 Å². The molecule has 0 aromatic heterocycles. The van der Waals surface area contributed by atoms with Crippen LogP contribution in [0.2, 0.25) is 0 Å². The summed E-state index contributed by atoms with van der Waals surface area (Å²) in [6, 6.07) is 10.8. The minimum Gasteiger partial charge on any atom is -0.505 e. The van der Waals surface area contributed by atoms with Crippen molar-refractivity contribution in [2.75, 3.05) is 0 Å². The second-order valence-corrected chi connectivity index (χ2v) is 8.69. The van der Waals surface area contributed by atoms with Crippen molar-refractivity contribution in [3.8, 4) is 5.75 Å². The standard InChI is InChI=1S/C17H14N2O7S2/c1-10-6-7-13(16(8-10)28(24,25)26)18-19-14-9-15(27(21,22)23)11-4-2-3-5-12(11)17(14)20/h2-9,20H,1H3,(H,21,22,23)(H,24,25,26). The first-order chi connectivity index (χ1) is 13.0. The molecule has 11 heteroatoms. The maximum atomic E-state index is 11.7. The number of phenolic OH excluding ortho intramolecular Hbond substituents is 1. The molecule has 0 amide bonds. The average Bonchev–Trinajstić information content (AvgIpc) is 2.60. The molecule has 3 N–H and O–H groups in total. The number of benzene rings is 3. The van der Waals surface area contributed by atoms with Crippen LogP contribution in [0.15, 0.2) is 68.6 Å². The smallest absolute Gasteiger partial charge is 0.296 e. The third-order valence-electron chi connectivity index (χ3n) is 3.89. The van der Waals surface area contributed by atoms with Crippen molar-refractivity contribution in [1.29, 1.82) is 0 Å².